The van der Waals surface area contributed by atoms with Crippen molar-refractivity contribution in [3.8, 4) is 11.3 Å². The van der Waals surface area contributed by atoms with Gasteiger partial charge < -0.3 is 9.64 Å². The molecular formula is C23H21F2N7O. The molecule has 0 spiro atoms. The van der Waals surface area contributed by atoms with Crippen LogP contribution in [-0.2, 0) is 4.74 Å². The highest BCUT2D eigenvalue weighted by Gasteiger charge is 2.29. The summed E-state index contributed by atoms with van der Waals surface area (Å²) in [6, 6.07) is 3.91. The van der Waals surface area contributed by atoms with Gasteiger partial charge in [0.25, 0.3) is 0 Å². The number of ether oxygens (including phenoxy) is 1. The second-order valence-electron chi connectivity index (χ2n) is 8.47. The lowest BCUT2D eigenvalue weighted by atomic mass is 10.1. The monoisotopic (exact) mass is 449 g/mol. The number of nitrogens with zero attached hydrogens (tertiary/aromatic N) is 7. The molecule has 2 fully saturated rings. The quantitative estimate of drug-likeness (QED) is 0.469. The smallest absolute Gasteiger partial charge is 0.228 e. The van der Waals surface area contributed by atoms with Crippen LogP contribution < -0.4 is 4.90 Å². The Balaban J connectivity index is 1.39. The minimum atomic E-state index is -0.712. The molecule has 4 heterocycles. The average Bonchev–Trinajstić information content (AvgIpc) is 3.54. The molecule has 0 N–H and O–H groups in total. The van der Waals surface area contributed by atoms with Gasteiger partial charge in [-0.25, -0.2) is 23.7 Å². The molecule has 2 aliphatic rings. The molecule has 1 aliphatic carbocycles. The van der Waals surface area contributed by atoms with Crippen molar-refractivity contribution >= 4 is 17.1 Å². The highest BCUT2D eigenvalue weighted by molar-refractivity contribution is 5.88. The molecule has 0 bridgehead atoms. The fraction of sp³-hybridized carbons (Fsp3) is 0.348. The maximum atomic E-state index is 14.7. The summed E-state index contributed by atoms with van der Waals surface area (Å²) in [5, 5.41) is 4.47. The van der Waals surface area contributed by atoms with Crippen LogP contribution in [0.4, 0.5) is 14.7 Å². The first kappa shape index (κ1) is 20.1. The van der Waals surface area contributed by atoms with Crippen molar-refractivity contribution in [1.82, 2.24) is 29.7 Å². The molecule has 6 rings (SSSR count). The van der Waals surface area contributed by atoms with E-state index in [9.17, 15) is 8.78 Å². The van der Waals surface area contributed by atoms with Crippen LogP contribution in [-0.4, -0.2) is 49.4 Å². The van der Waals surface area contributed by atoms with Gasteiger partial charge in [-0.05, 0) is 31.9 Å². The van der Waals surface area contributed by atoms with Gasteiger partial charge in [0.05, 0.1) is 31.1 Å². The van der Waals surface area contributed by atoms with Crippen LogP contribution in [0.25, 0.3) is 22.4 Å². The highest BCUT2D eigenvalue weighted by Crippen LogP contribution is 2.35. The lowest BCUT2D eigenvalue weighted by Crippen LogP contribution is -2.39. The molecule has 3 aromatic heterocycles. The summed E-state index contributed by atoms with van der Waals surface area (Å²) >= 11 is 0. The Morgan fingerprint density at radius 3 is 2.79 bits per heavy atom. The molecule has 0 amide bonds. The first-order valence-electron chi connectivity index (χ1n) is 10.9. The fourth-order valence-electron chi connectivity index (χ4n) is 4.08. The van der Waals surface area contributed by atoms with Gasteiger partial charge in [-0.3, -0.25) is 4.68 Å². The third-order valence-electron chi connectivity index (χ3n) is 5.97. The molecule has 168 valence electrons. The second-order valence-corrected chi connectivity index (χ2v) is 8.47. The van der Waals surface area contributed by atoms with E-state index in [0.717, 1.165) is 24.5 Å². The van der Waals surface area contributed by atoms with Crippen molar-refractivity contribution in [3.05, 3.63) is 59.7 Å². The molecule has 8 nitrogen and oxygen atoms in total. The lowest BCUT2D eigenvalue weighted by molar-refractivity contribution is 0.0392. The molecule has 10 heteroatoms. The summed E-state index contributed by atoms with van der Waals surface area (Å²) in [5.74, 6) is -0.959. The topological polar surface area (TPSA) is 81.9 Å². The Bertz CT molecular complexity index is 1350. The number of benzene rings is 1. The van der Waals surface area contributed by atoms with Crippen molar-refractivity contribution in [2.24, 2.45) is 0 Å². The average molecular weight is 449 g/mol. The second kappa shape index (κ2) is 7.80. The SMILES string of the molecule is Cc1cnc2c(-c3ccc(F)cc3F)nc(N3CCOC(c4cnn(C5CC5)c4)C3)nc2n1. The summed E-state index contributed by atoms with van der Waals surface area (Å²) in [6.45, 7) is 3.39. The van der Waals surface area contributed by atoms with Crippen molar-refractivity contribution in [2.75, 3.05) is 24.6 Å². The van der Waals surface area contributed by atoms with E-state index in [2.05, 4.69) is 25.0 Å². The standard InChI is InChI=1S/C23H21F2N7O/c1-13-9-26-21-20(17-5-2-15(24)8-18(17)25)29-23(30-22(21)28-13)31-6-7-33-19(12-31)14-10-27-32(11-14)16-3-4-16/h2,5,8-11,16,19H,3-4,6-7,12H2,1H3. The van der Waals surface area contributed by atoms with E-state index in [1.165, 1.54) is 12.1 Å². The summed E-state index contributed by atoms with van der Waals surface area (Å²) in [4.78, 5) is 20.2. The largest absolute Gasteiger partial charge is 0.370 e. The minimum absolute atomic E-state index is 0.152. The van der Waals surface area contributed by atoms with Crippen LogP contribution in [0.15, 0.2) is 36.8 Å². The molecule has 1 aromatic carbocycles. The van der Waals surface area contributed by atoms with Gasteiger partial charge in [0.2, 0.25) is 5.95 Å². The molecule has 1 aliphatic heterocycles. The van der Waals surface area contributed by atoms with Crippen molar-refractivity contribution < 1.29 is 13.5 Å². The zero-order valence-corrected chi connectivity index (χ0v) is 17.9. The van der Waals surface area contributed by atoms with Gasteiger partial charge in [-0.15, -0.1) is 0 Å². The van der Waals surface area contributed by atoms with E-state index in [-0.39, 0.29) is 17.4 Å². The van der Waals surface area contributed by atoms with Crippen LogP contribution in [0.1, 0.15) is 36.2 Å². The van der Waals surface area contributed by atoms with Crippen LogP contribution in [0, 0.1) is 18.6 Å². The Morgan fingerprint density at radius 1 is 1.09 bits per heavy atom. The fourth-order valence-corrected chi connectivity index (χ4v) is 4.08. The molecule has 1 unspecified atom stereocenters. The Hall–Kier alpha value is -3.53. The Kier molecular flexibility index (Phi) is 4.75. The number of hydrogen-bond donors (Lipinski definition) is 0. The summed E-state index contributed by atoms with van der Waals surface area (Å²) < 4.78 is 36.2. The summed E-state index contributed by atoms with van der Waals surface area (Å²) in [7, 11) is 0. The van der Waals surface area contributed by atoms with Crippen molar-refractivity contribution in [3.63, 3.8) is 0 Å². The number of aryl methyl sites for hydroxylation is 1. The Labute approximate surface area is 188 Å². The minimum Gasteiger partial charge on any atom is -0.370 e. The molecule has 0 radical (unpaired) electrons. The van der Waals surface area contributed by atoms with E-state index < -0.39 is 11.6 Å². The van der Waals surface area contributed by atoms with Crippen LogP contribution in [0.2, 0.25) is 0 Å². The van der Waals surface area contributed by atoms with E-state index in [1.807, 2.05) is 28.9 Å². The maximum absolute atomic E-state index is 14.7. The van der Waals surface area contributed by atoms with Gasteiger partial charge >= 0.3 is 0 Å². The van der Waals surface area contributed by atoms with Crippen LogP contribution >= 0.6 is 0 Å². The zero-order chi connectivity index (χ0) is 22.5. The molecular weight excluding hydrogens is 428 g/mol. The zero-order valence-electron chi connectivity index (χ0n) is 17.9. The highest BCUT2D eigenvalue weighted by atomic mass is 19.1. The van der Waals surface area contributed by atoms with Crippen molar-refractivity contribution in [2.45, 2.75) is 31.9 Å². The van der Waals surface area contributed by atoms with E-state index >= 15 is 0 Å². The van der Waals surface area contributed by atoms with Crippen LogP contribution in [0.3, 0.4) is 0 Å². The van der Waals surface area contributed by atoms with E-state index in [4.69, 9.17) is 4.74 Å². The van der Waals surface area contributed by atoms with Crippen LogP contribution in [0.5, 0.6) is 0 Å². The van der Waals surface area contributed by atoms with Gasteiger partial charge in [-0.2, -0.15) is 10.1 Å². The number of fused-ring (bicyclic) bond motifs is 1. The number of halogens is 2. The van der Waals surface area contributed by atoms with E-state index in [0.29, 0.717) is 48.5 Å². The predicted octanol–water partition coefficient (Wildman–Crippen LogP) is 3.78. The number of hydrogen-bond acceptors (Lipinski definition) is 7. The normalized spacial score (nSPS) is 18.8. The molecule has 1 saturated heterocycles. The molecule has 4 aromatic rings. The number of morpholine rings is 1. The molecule has 1 atom stereocenters. The third kappa shape index (κ3) is 3.80. The molecule has 1 saturated carbocycles. The van der Waals surface area contributed by atoms with Gasteiger partial charge in [0.1, 0.15) is 28.9 Å². The third-order valence-corrected chi connectivity index (χ3v) is 5.97. The lowest BCUT2D eigenvalue weighted by Gasteiger charge is -2.32. The Morgan fingerprint density at radius 2 is 1.97 bits per heavy atom. The number of rotatable bonds is 4. The number of aromatic nitrogens is 6. The summed E-state index contributed by atoms with van der Waals surface area (Å²) in [6.07, 6.45) is 7.61. The first-order chi connectivity index (χ1) is 16.0. The summed E-state index contributed by atoms with van der Waals surface area (Å²) in [5.41, 5.74) is 2.86. The predicted molar refractivity (Wildman–Crippen MR) is 117 cm³/mol. The van der Waals surface area contributed by atoms with Gasteiger partial charge in [0, 0.05) is 36.1 Å². The maximum Gasteiger partial charge on any atom is 0.228 e. The number of anilines is 1. The van der Waals surface area contributed by atoms with Gasteiger partial charge in [0.15, 0.2) is 5.65 Å². The molecule has 33 heavy (non-hydrogen) atoms. The van der Waals surface area contributed by atoms with E-state index in [1.54, 1.807) is 6.20 Å². The van der Waals surface area contributed by atoms with Gasteiger partial charge in [-0.1, -0.05) is 0 Å². The first-order valence-corrected chi connectivity index (χ1v) is 10.9. The van der Waals surface area contributed by atoms with Crippen molar-refractivity contribution in [1.29, 1.82) is 0 Å².